The number of hydrogen-bond acceptors (Lipinski definition) is 3. The third-order valence-electron chi connectivity index (χ3n) is 4.52. The molecule has 0 radical (unpaired) electrons. The van der Waals surface area contributed by atoms with E-state index in [0.717, 1.165) is 5.56 Å². The third-order valence-corrected chi connectivity index (χ3v) is 6.50. The van der Waals surface area contributed by atoms with E-state index < -0.39 is 10.0 Å². The predicted molar refractivity (Wildman–Crippen MR) is 75.2 cm³/mol. The molecular formula is C14H20N2O2S. The average molecular weight is 280 g/mol. The summed E-state index contributed by atoms with van der Waals surface area (Å²) in [5.41, 5.74) is 7.00. The summed E-state index contributed by atoms with van der Waals surface area (Å²) in [7, 11) is -3.38. The van der Waals surface area contributed by atoms with Gasteiger partial charge in [-0.25, -0.2) is 8.42 Å². The van der Waals surface area contributed by atoms with E-state index in [1.807, 2.05) is 6.92 Å². The lowest BCUT2D eigenvalue weighted by atomic mass is 10.0. The van der Waals surface area contributed by atoms with E-state index in [2.05, 4.69) is 0 Å². The second-order valence-corrected chi connectivity index (χ2v) is 7.70. The third kappa shape index (κ3) is 2.15. The summed E-state index contributed by atoms with van der Waals surface area (Å²) in [6.07, 6.45) is 3.60. The number of fused-ring (bicyclic) bond motifs is 1. The molecule has 19 heavy (non-hydrogen) atoms. The van der Waals surface area contributed by atoms with E-state index in [1.165, 1.54) is 19.3 Å². The fourth-order valence-corrected chi connectivity index (χ4v) is 5.24. The number of rotatable bonds is 2. The minimum absolute atomic E-state index is 0.368. The van der Waals surface area contributed by atoms with Crippen molar-refractivity contribution < 1.29 is 8.42 Å². The number of nitrogens with zero attached hydrogens (tertiary/aromatic N) is 1. The van der Waals surface area contributed by atoms with Crippen molar-refractivity contribution in [2.45, 2.75) is 31.1 Å². The number of anilines is 1. The zero-order chi connectivity index (χ0) is 13.6. The van der Waals surface area contributed by atoms with Crippen LogP contribution in [-0.4, -0.2) is 25.8 Å². The van der Waals surface area contributed by atoms with Crippen LogP contribution in [0.25, 0.3) is 0 Å². The summed E-state index contributed by atoms with van der Waals surface area (Å²) >= 11 is 0. The summed E-state index contributed by atoms with van der Waals surface area (Å²) in [6, 6.07) is 5.10. The van der Waals surface area contributed by atoms with Crippen molar-refractivity contribution in [1.82, 2.24) is 4.31 Å². The van der Waals surface area contributed by atoms with Crippen molar-refractivity contribution in [3.8, 4) is 0 Å². The van der Waals surface area contributed by atoms with Crippen molar-refractivity contribution in [1.29, 1.82) is 0 Å². The van der Waals surface area contributed by atoms with Crippen molar-refractivity contribution in [2.75, 3.05) is 18.8 Å². The molecule has 1 aliphatic heterocycles. The molecule has 2 unspecified atom stereocenters. The molecule has 1 aliphatic carbocycles. The van der Waals surface area contributed by atoms with Gasteiger partial charge >= 0.3 is 0 Å². The van der Waals surface area contributed by atoms with E-state index in [1.54, 1.807) is 22.5 Å². The van der Waals surface area contributed by atoms with Crippen molar-refractivity contribution >= 4 is 15.7 Å². The van der Waals surface area contributed by atoms with Gasteiger partial charge in [0.15, 0.2) is 0 Å². The van der Waals surface area contributed by atoms with Gasteiger partial charge in [-0.1, -0.05) is 12.5 Å². The van der Waals surface area contributed by atoms with Crippen LogP contribution in [0.4, 0.5) is 5.69 Å². The van der Waals surface area contributed by atoms with E-state index in [9.17, 15) is 8.42 Å². The number of nitrogens with two attached hydrogens (primary N) is 1. The lowest BCUT2D eigenvalue weighted by molar-refractivity contribution is 0.445. The normalized spacial score (nSPS) is 27.6. The highest BCUT2D eigenvalue weighted by Gasteiger charge is 2.41. The van der Waals surface area contributed by atoms with Gasteiger partial charge in [0.05, 0.1) is 4.90 Å². The van der Waals surface area contributed by atoms with Gasteiger partial charge in [-0.05, 0) is 49.3 Å². The monoisotopic (exact) mass is 280 g/mol. The van der Waals surface area contributed by atoms with Gasteiger partial charge in [0.25, 0.3) is 0 Å². The molecule has 1 saturated heterocycles. The van der Waals surface area contributed by atoms with E-state index in [0.29, 0.717) is 35.5 Å². The van der Waals surface area contributed by atoms with Crippen LogP contribution in [0.3, 0.4) is 0 Å². The first-order chi connectivity index (χ1) is 8.98. The number of hydrogen-bond donors (Lipinski definition) is 1. The molecule has 4 nitrogen and oxygen atoms in total. The molecule has 104 valence electrons. The quantitative estimate of drug-likeness (QED) is 0.843. The zero-order valence-electron chi connectivity index (χ0n) is 11.2. The van der Waals surface area contributed by atoms with Crippen molar-refractivity contribution in [2.24, 2.45) is 11.8 Å². The smallest absolute Gasteiger partial charge is 0.243 e. The summed E-state index contributed by atoms with van der Waals surface area (Å²) in [4.78, 5) is 0.368. The number of aryl methyl sites for hydroxylation is 1. The Bertz CT molecular complexity index is 585. The Labute approximate surface area is 114 Å². The SMILES string of the molecule is Cc1ccc(N)cc1S(=O)(=O)N1CC2CCCC2C1. The minimum Gasteiger partial charge on any atom is -0.399 e. The van der Waals surface area contributed by atoms with Crippen LogP contribution >= 0.6 is 0 Å². The molecule has 2 N–H and O–H groups in total. The maximum absolute atomic E-state index is 12.7. The van der Waals surface area contributed by atoms with Crippen LogP contribution in [0.15, 0.2) is 23.1 Å². The van der Waals surface area contributed by atoms with Crippen LogP contribution in [0.1, 0.15) is 24.8 Å². The highest BCUT2D eigenvalue weighted by Crippen LogP contribution is 2.40. The van der Waals surface area contributed by atoms with Gasteiger partial charge in [-0.2, -0.15) is 4.31 Å². The Morgan fingerprint density at radius 3 is 2.47 bits per heavy atom. The maximum Gasteiger partial charge on any atom is 0.243 e. The molecule has 0 bridgehead atoms. The maximum atomic E-state index is 12.7. The van der Waals surface area contributed by atoms with Gasteiger partial charge in [0.2, 0.25) is 10.0 Å². The molecule has 2 fully saturated rings. The number of nitrogen functional groups attached to an aromatic ring is 1. The fourth-order valence-electron chi connectivity index (χ4n) is 3.42. The Morgan fingerprint density at radius 1 is 1.21 bits per heavy atom. The van der Waals surface area contributed by atoms with Crippen LogP contribution in [0.2, 0.25) is 0 Å². The molecule has 1 aromatic carbocycles. The molecule has 1 aromatic rings. The lowest BCUT2D eigenvalue weighted by Gasteiger charge is -2.19. The summed E-state index contributed by atoms with van der Waals surface area (Å²) in [5.74, 6) is 1.13. The number of benzene rings is 1. The molecule has 0 amide bonds. The van der Waals surface area contributed by atoms with Crippen molar-refractivity contribution in [3.05, 3.63) is 23.8 Å². The Hall–Kier alpha value is -1.07. The summed E-state index contributed by atoms with van der Waals surface area (Å²) in [5, 5.41) is 0. The van der Waals surface area contributed by atoms with Crippen LogP contribution < -0.4 is 5.73 Å². The molecule has 3 rings (SSSR count). The molecule has 2 aliphatic rings. The second-order valence-electron chi connectivity index (χ2n) is 5.80. The molecule has 0 spiro atoms. The highest BCUT2D eigenvalue weighted by molar-refractivity contribution is 7.89. The second kappa shape index (κ2) is 4.49. The fraction of sp³-hybridized carbons (Fsp3) is 0.571. The molecule has 1 saturated carbocycles. The Balaban J connectivity index is 1.93. The highest BCUT2D eigenvalue weighted by atomic mass is 32.2. The van der Waals surface area contributed by atoms with Crippen LogP contribution in [0, 0.1) is 18.8 Å². The lowest BCUT2D eigenvalue weighted by Crippen LogP contribution is -2.30. The Kier molecular flexibility index (Phi) is 3.06. The number of sulfonamides is 1. The zero-order valence-corrected chi connectivity index (χ0v) is 12.0. The van der Waals surface area contributed by atoms with Gasteiger partial charge < -0.3 is 5.73 Å². The van der Waals surface area contributed by atoms with E-state index >= 15 is 0 Å². The molecular weight excluding hydrogens is 260 g/mol. The minimum atomic E-state index is -3.38. The first kappa shape index (κ1) is 12.9. The van der Waals surface area contributed by atoms with Gasteiger partial charge in [0.1, 0.15) is 0 Å². The largest absolute Gasteiger partial charge is 0.399 e. The van der Waals surface area contributed by atoms with Crippen molar-refractivity contribution in [3.63, 3.8) is 0 Å². The first-order valence-corrected chi connectivity index (χ1v) is 8.29. The molecule has 5 heteroatoms. The van der Waals surface area contributed by atoms with Crippen LogP contribution in [-0.2, 0) is 10.0 Å². The van der Waals surface area contributed by atoms with E-state index in [4.69, 9.17) is 5.73 Å². The topological polar surface area (TPSA) is 63.4 Å². The molecule has 0 aromatic heterocycles. The molecule has 1 heterocycles. The van der Waals surface area contributed by atoms with Gasteiger partial charge in [-0.15, -0.1) is 0 Å². The summed E-state index contributed by atoms with van der Waals surface area (Å²) in [6.45, 7) is 3.19. The summed E-state index contributed by atoms with van der Waals surface area (Å²) < 4.78 is 27.1. The standard InChI is InChI=1S/C14H20N2O2S/c1-10-5-6-13(15)7-14(10)19(17,18)16-8-11-3-2-4-12(11)9-16/h5-7,11-12H,2-4,8-9,15H2,1H3. The molecule has 2 atom stereocenters. The van der Waals surface area contributed by atoms with Gasteiger partial charge in [0, 0.05) is 18.8 Å². The predicted octanol–water partition coefficient (Wildman–Crippen LogP) is 2.00. The van der Waals surface area contributed by atoms with Gasteiger partial charge in [-0.3, -0.25) is 0 Å². The van der Waals surface area contributed by atoms with E-state index in [-0.39, 0.29) is 0 Å². The Morgan fingerprint density at radius 2 is 1.84 bits per heavy atom. The van der Waals surface area contributed by atoms with Crippen LogP contribution in [0.5, 0.6) is 0 Å². The first-order valence-electron chi connectivity index (χ1n) is 6.85. The average Bonchev–Trinajstić information content (AvgIpc) is 2.92.